The Morgan fingerprint density at radius 1 is 1.38 bits per heavy atom. The highest BCUT2D eigenvalue weighted by atomic mass is 16.5. The maximum Gasteiger partial charge on any atom is 0.0650 e. The molecular formula is C17H23N3O. The minimum absolute atomic E-state index is 0.414. The lowest BCUT2D eigenvalue weighted by Crippen LogP contribution is -2.33. The Morgan fingerprint density at radius 2 is 2.33 bits per heavy atom. The van der Waals surface area contributed by atoms with Crippen LogP contribution in [-0.4, -0.2) is 29.0 Å². The second-order valence-corrected chi connectivity index (χ2v) is 5.70. The number of nitrogens with zero attached hydrogens (tertiary/aromatic N) is 1. The fourth-order valence-electron chi connectivity index (χ4n) is 2.96. The zero-order chi connectivity index (χ0) is 14.5. The van der Waals surface area contributed by atoms with Crippen molar-refractivity contribution in [1.29, 1.82) is 0 Å². The number of anilines is 1. The Morgan fingerprint density at radius 3 is 3.14 bits per heavy atom. The molecule has 4 heteroatoms. The number of aromatic nitrogens is 2. The van der Waals surface area contributed by atoms with Crippen LogP contribution in [0.25, 0.3) is 11.3 Å². The smallest absolute Gasteiger partial charge is 0.0650 e. The molecular weight excluding hydrogens is 262 g/mol. The van der Waals surface area contributed by atoms with E-state index in [-0.39, 0.29) is 0 Å². The average Bonchev–Trinajstić information content (AvgIpc) is 3.03. The van der Waals surface area contributed by atoms with Crippen LogP contribution >= 0.6 is 0 Å². The number of benzene rings is 1. The molecule has 0 spiro atoms. The molecule has 0 radical (unpaired) electrons. The van der Waals surface area contributed by atoms with Crippen molar-refractivity contribution >= 4 is 5.69 Å². The van der Waals surface area contributed by atoms with Gasteiger partial charge in [0.1, 0.15) is 0 Å². The lowest BCUT2D eigenvalue weighted by molar-refractivity contribution is 0.00598. The van der Waals surface area contributed by atoms with E-state index in [1.807, 2.05) is 6.07 Å². The molecule has 1 aromatic carbocycles. The van der Waals surface area contributed by atoms with E-state index in [0.717, 1.165) is 37.1 Å². The standard InChI is InChI=1S/C17H23N3O/c1-2-4-16-12-15(8-10-21-16)19-14-6-3-5-13(11-14)17-7-9-18-20-17/h3,5-7,9,11,15-16,19H,2,4,8,10,12H2,1H3,(H,18,20). The molecule has 3 rings (SSSR count). The summed E-state index contributed by atoms with van der Waals surface area (Å²) in [5, 5.41) is 10.7. The number of aromatic amines is 1. The predicted molar refractivity (Wildman–Crippen MR) is 85.3 cm³/mol. The van der Waals surface area contributed by atoms with E-state index in [0.29, 0.717) is 12.1 Å². The summed E-state index contributed by atoms with van der Waals surface area (Å²) < 4.78 is 5.82. The molecule has 2 N–H and O–H groups in total. The first-order valence-corrected chi connectivity index (χ1v) is 7.83. The molecule has 0 bridgehead atoms. The molecule has 2 atom stereocenters. The zero-order valence-corrected chi connectivity index (χ0v) is 12.5. The second-order valence-electron chi connectivity index (χ2n) is 5.70. The summed E-state index contributed by atoms with van der Waals surface area (Å²) in [5.41, 5.74) is 3.38. The van der Waals surface area contributed by atoms with Crippen LogP contribution in [-0.2, 0) is 4.74 Å². The maximum atomic E-state index is 5.82. The highest BCUT2D eigenvalue weighted by molar-refractivity contribution is 5.64. The fourth-order valence-corrected chi connectivity index (χ4v) is 2.96. The largest absolute Gasteiger partial charge is 0.382 e. The maximum absolute atomic E-state index is 5.82. The number of rotatable bonds is 5. The third-order valence-corrected chi connectivity index (χ3v) is 4.02. The van der Waals surface area contributed by atoms with Crippen molar-refractivity contribution in [2.24, 2.45) is 0 Å². The van der Waals surface area contributed by atoms with Gasteiger partial charge in [0, 0.05) is 30.1 Å². The number of ether oxygens (including phenoxy) is 1. The lowest BCUT2D eigenvalue weighted by atomic mass is 9.99. The third-order valence-electron chi connectivity index (χ3n) is 4.02. The van der Waals surface area contributed by atoms with E-state index in [4.69, 9.17) is 4.74 Å². The summed E-state index contributed by atoms with van der Waals surface area (Å²) in [5.74, 6) is 0. The van der Waals surface area contributed by atoms with E-state index in [9.17, 15) is 0 Å². The van der Waals surface area contributed by atoms with E-state index >= 15 is 0 Å². The molecule has 112 valence electrons. The number of hydrogen-bond acceptors (Lipinski definition) is 3. The van der Waals surface area contributed by atoms with Crippen LogP contribution in [0.2, 0.25) is 0 Å². The first-order chi connectivity index (χ1) is 10.3. The van der Waals surface area contributed by atoms with Crippen LogP contribution in [0.4, 0.5) is 5.69 Å². The van der Waals surface area contributed by atoms with Crippen LogP contribution < -0.4 is 5.32 Å². The lowest BCUT2D eigenvalue weighted by Gasteiger charge is -2.30. The first kappa shape index (κ1) is 14.1. The molecule has 0 amide bonds. The van der Waals surface area contributed by atoms with E-state index < -0.39 is 0 Å². The van der Waals surface area contributed by atoms with Crippen molar-refractivity contribution in [3.05, 3.63) is 36.5 Å². The van der Waals surface area contributed by atoms with Gasteiger partial charge in [0.05, 0.1) is 11.8 Å². The summed E-state index contributed by atoms with van der Waals surface area (Å²) in [6.07, 6.45) is 6.72. The molecule has 0 aliphatic carbocycles. The Hall–Kier alpha value is -1.81. The molecule has 1 fully saturated rings. The SMILES string of the molecule is CCCC1CC(Nc2cccc(-c3ccn[nH]3)c2)CCO1. The molecule has 21 heavy (non-hydrogen) atoms. The molecule has 2 aromatic rings. The summed E-state index contributed by atoms with van der Waals surface area (Å²) in [6.45, 7) is 3.08. The van der Waals surface area contributed by atoms with E-state index in [2.05, 4.69) is 46.7 Å². The first-order valence-electron chi connectivity index (χ1n) is 7.83. The van der Waals surface area contributed by atoms with Gasteiger partial charge in [0.2, 0.25) is 0 Å². The quantitative estimate of drug-likeness (QED) is 0.877. The average molecular weight is 285 g/mol. The minimum atomic E-state index is 0.414. The van der Waals surface area contributed by atoms with Crippen molar-refractivity contribution in [2.45, 2.75) is 44.8 Å². The van der Waals surface area contributed by atoms with Gasteiger partial charge in [-0.25, -0.2) is 0 Å². The number of H-pyrrole nitrogens is 1. The molecule has 2 unspecified atom stereocenters. The monoisotopic (exact) mass is 285 g/mol. The van der Waals surface area contributed by atoms with Gasteiger partial charge in [-0.1, -0.05) is 25.5 Å². The van der Waals surface area contributed by atoms with E-state index in [1.54, 1.807) is 6.20 Å². The Balaban J connectivity index is 1.66. The van der Waals surface area contributed by atoms with Gasteiger partial charge >= 0.3 is 0 Å². The molecule has 0 saturated carbocycles. The van der Waals surface area contributed by atoms with Gasteiger partial charge in [0.15, 0.2) is 0 Å². The summed E-state index contributed by atoms with van der Waals surface area (Å²) in [4.78, 5) is 0. The topological polar surface area (TPSA) is 49.9 Å². The van der Waals surface area contributed by atoms with Gasteiger partial charge in [-0.2, -0.15) is 5.10 Å². The molecule has 1 aliphatic rings. The molecule has 1 aromatic heterocycles. The Labute approximate surface area is 125 Å². The van der Waals surface area contributed by atoms with Gasteiger partial charge < -0.3 is 10.1 Å². The zero-order valence-electron chi connectivity index (χ0n) is 12.5. The normalized spacial score (nSPS) is 22.1. The van der Waals surface area contributed by atoms with Crippen molar-refractivity contribution in [3.63, 3.8) is 0 Å². The van der Waals surface area contributed by atoms with Crippen LogP contribution in [0.1, 0.15) is 32.6 Å². The van der Waals surface area contributed by atoms with Crippen LogP contribution in [0.3, 0.4) is 0 Å². The third kappa shape index (κ3) is 3.64. The highest BCUT2D eigenvalue weighted by Gasteiger charge is 2.21. The predicted octanol–water partition coefficient (Wildman–Crippen LogP) is 3.84. The molecule has 1 aliphatic heterocycles. The molecule has 2 heterocycles. The molecule has 4 nitrogen and oxygen atoms in total. The van der Waals surface area contributed by atoms with Gasteiger partial charge in [0.25, 0.3) is 0 Å². The van der Waals surface area contributed by atoms with E-state index in [1.165, 1.54) is 12.1 Å². The summed E-state index contributed by atoms with van der Waals surface area (Å²) in [7, 11) is 0. The van der Waals surface area contributed by atoms with Crippen LogP contribution in [0.5, 0.6) is 0 Å². The Kier molecular flexibility index (Phi) is 4.55. The van der Waals surface area contributed by atoms with Crippen LogP contribution in [0, 0.1) is 0 Å². The second kappa shape index (κ2) is 6.76. The van der Waals surface area contributed by atoms with Gasteiger partial charge in [-0.05, 0) is 37.5 Å². The highest BCUT2D eigenvalue weighted by Crippen LogP contribution is 2.24. The van der Waals surface area contributed by atoms with Gasteiger partial charge in [-0.15, -0.1) is 0 Å². The van der Waals surface area contributed by atoms with Gasteiger partial charge in [-0.3, -0.25) is 5.10 Å². The number of nitrogens with one attached hydrogen (secondary N) is 2. The van der Waals surface area contributed by atoms with Crippen molar-refractivity contribution < 1.29 is 4.74 Å². The Bertz CT molecular complexity index is 551. The van der Waals surface area contributed by atoms with Crippen molar-refractivity contribution in [3.8, 4) is 11.3 Å². The summed E-state index contributed by atoms with van der Waals surface area (Å²) in [6, 6.07) is 11.0. The van der Waals surface area contributed by atoms with Crippen LogP contribution in [0.15, 0.2) is 36.5 Å². The molecule has 1 saturated heterocycles. The minimum Gasteiger partial charge on any atom is -0.382 e. The summed E-state index contributed by atoms with van der Waals surface area (Å²) >= 11 is 0. The fraction of sp³-hybridized carbons (Fsp3) is 0.471. The number of hydrogen-bond donors (Lipinski definition) is 2. The van der Waals surface area contributed by atoms with Crippen molar-refractivity contribution in [1.82, 2.24) is 10.2 Å². The van der Waals surface area contributed by atoms with Crippen molar-refractivity contribution in [2.75, 3.05) is 11.9 Å².